The average molecular weight is 458 g/mol. The molecule has 0 saturated heterocycles. The Labute approximate surface area is 188 Å². The molecule has 2 aromatic carbocycles. The Bertz CT molecular complexity index is 1100. The SMILES string of the molecule is C[C@H]1CCCC[C@H]1NC(=O)CN1C(=O)COc2ccc(S(=O)(=O)Nc3ccccc3)cc21. The number of benzene rings is 2. The molecule has 0 unspecified atom stereocenters. The summed E-state index contributed by atoms with van der Waals surface area (Å²) in [5.41, 5.74) is 0.694. The number of fused-ring (bicyclic) bond motifs is 1. The first-order chi connectivity index (χ1) is 15.3. The van der Waals surface area contributed by atoms with Crippen LogP contribution in [0.15, 0.2) is 53.4 Å². The molecule has 0 bridgehead atoms. The average Bonchev–Trinajstić information content (AvgIpc) is 2.77. The molecule has 2 N–H and O–H groups in total. The Morgan fingerprint density at radius 3 is 2.62 bits per heavy atom. The molecule has 2 aliphatic rings. The lowest BCUT2D eigenvalue weighted by Gasteiger charge is -2.32. The van der Waals surface area contributed by atoms with Crippen LogP contribution in [0.2, 0.25) is 0 Å². The van der Waals surface area contributed by atoms with Gasteiger partial charge in [-0.3, -0.25) is 19.2 Å². The van der Waals surface area contributed by atoms with Gasteiger partial charge in [0.05, 0.1) is 10.6 Å². The zero-order valence-corrected chi connectivity index (χ0v) is 18.7. The van der Waals surface area contributed by atoms with E-state index in [1.165, 1.54) is 23.1 Å². The van der Waals surface area contributed by atoms with Crippen molar-refractivity contribution in [3.8, 4) is 5.75 Å². The molecule has 4 rings (SSSR count). The maximum absolute atomic E-state index is 12.9. The van der Waals surface area contributed by atoms with Crippen LogP contribution >= 0.6 is 0 Å². The van der Waals surface area contributed by atoms with Crippen molar-refractivity contribution in [1.82, 2.24) is 5.32 Å². The van der Waals surface area contributed by atoms with E-state index in [9.17, 15) is 18.0 Å². The van der Waals surface area contributed by atoms with Crippen molar-refractivity contribution < 1.29 is 22.7 Å². The van der Waals surface area contributed by atoms with Gasteiger partial charge in [-0.1, -0.05) is 38.0 Å². The van der Waals surface area contributed by atoms with Gasteiger partial charge in [0.1, 0.15) is 12.3 Å². The van der Waals surface area contributed by atoms with E-state index < -0.39 is 15.9 Å². The van der Waals surface area contributed by atoms with Gasteiger partial charge in [-0.15, -0.1) is 0 Å². The van der Waals surface area contributed by atoms with Crippen LogP contribution in [0.1, 0.15) is 32.6 Å². The monoisotopic (exact) mass is 457 g/mol. The Hall–Kier alpha value is -3.07. The van der Waals surface area contributed by atoms with Crippen LogP contribution < -0.4 is 19.7 Å². The van der Waals surface area contributed by atoms with Crippen LogP contribution in [0.3, 0.4) is 0 Å². The van der Waals surface area contributed by atoms with Gasteiger partial charge in [0.25, 0.3) is 15.9 Å². The van der Waals surface area contributed by atoms with Crippen molar-refractivity contribution in [2.45, 2.75) is 43.5 Å². The molecule has 2 amide bonds. The first-order valence-corrected chi connectivity index (χ1v) is 12.3. The molecule has 2 atom stereocenters. The second-order valence-electron chi connectivity index (χ2n) is 8.31. The minimum absolute atomic E-state index is 0.0234. The molecule has 9 heteroatoms. The Morgan fingerprint density at radius 2 is 1.88 bits per heavy atom. The summed E-state index contributed by atoms with van der Waals surface area (Å²) in [7, 11) is -3.89. The number of anilines is 2. The summed E-state index contributed by atoms with van der Waals surface area (Å²) in [5.74, 6) is 0.0961. The summed E-state index contributed by atoms with van der Waals surface area (Å²) in [6.07, 6.45) is 4.23. The van der Waals surface area contributed by atoms with Gasteiger partial charge in [0.15, 0.2) is 6.61 Å². The minimum atomic E-state index is -3.89. The number of nitrogens with one attached hydrogen (secondary N) is 2. The molecule has 32 heavy (non-hydrogen) atoms. The zero-order valence-electron chi connectivity index (χ0n) is 17.9. The lowest BCUT2D eigenvalue weighted by atomic mass is 9.86. The largest absolute Gasteiger partial charge is 0.482 e. The fraction of sp³-hybridized carbons (Fsp3) is 0.391. The molecule has 0 radical (unpaired) electrons. The smallest absolute Gasteiger partial charge is 0.265 e. The van der Waals surface area contributed by atoms with E-state index in [0.717, 1.165) is 25.7 Å². The predicted molar refractivity (Wildman–Crippen MR) is 121 cm³/mol. The highest BCUT2D eigenvalue weighted by Gasteiger charge is 2.31. The molecular weight excluding hydrogens is 430 g/mol. The van der Waals surface area contributed by atoms with Gasteiger partial charge < -0.3 is 10.1 Å². The van der Waals surface area contributed by atoms with E-state index in [2.05, 4.69) is 17.0 Å². The van der Waals surface area contributed by atoms with Gasteiger partial charge in [-0.05, 0) is 49.1 Å². The summed E-state index contributed by atoms with van der Waals surface area (Å²) in [6.45, 7) is 1.73. The molecular formula is C23H27N3O5S. The molecule has 1 aliphatic heterocycles. The minimum Gasteiger partial charge on any atom is -0.482 e. The molecule has 8 nitrogen and oxygen atoms in total. The molecule has 1 aliphatic carbocycles. The first kappa shape index (κ1) is 22.1. The van der Waals surface area contributed by atoms with E-state index in [1.807, 2.05) is 0 Å². The van der Waals surface area contributed by atoms with Crippen LogP contribution in [0.4, 0.5) is 11.4 Å². The summed E-state index contributed by atoms with van der Waals surface area (Å²) in [5, 5.41) is 3.04. The third-order valence-electron chi connectivity index (χ3n) is 5.97. The van der Waals surface area contributed by atoms with Gasteiger partial charge in [0, 0.05) is 11.7 Å². The highest BCUT2D eigenvalue weighted by Crippen LogP contribution is 2.34. The zero-order chi connectivity index (χ0) is 22.7. The molecule has 1 heterocycles. The van der Waals surface area contributed by atoms with Crippen molar-refractivity contribution in [3.05, 3.63) is 48.5 Å². The number of para-hydroxylation sites is 1. The van der Waals surface area contributed by atoms with Gasteiger partial charge in [-0.25, -0.2) is 8.42 Å². The van der Waals surface area contributed by atoms with E-state index in [1.54, 1.807) is 30.3 Å². The maximum atomic E-state index is 12.9. The lowest BCUT2D eigenvalue weighted by molar-refractivity contribution is -0.126. The van der Waals surface area contributed by atoms with Crippen molar-refractivity contribution >= 4 is 33.2 Å². The Morgan fingerprint density at radius 1 is 1.12 bits per heavy atom. The molecule has 0 spiro atoms. The molecule has 0 aromatic heterocycles. The first-order valence-electron chi connectivity index (χ1n) is 10.8. The highest BCUT2D eigenvalue weighted by molar-refractivity contribution is 7.92. The summed E-state index contributed by atoms with van der Waals surface area (Å²) < 4.78 is 33.7. The third kappa shape index (κ3) is 4.88. The highest BCUT2D eigenvalue weighted by atomic mass is 32.2. The second-order valence-corrected chi connectivity index (χ2v) is 9.99. The normalized spacial score (nSPS) is 20.8. The van der Waals surface area contributed by atoms with Crippen molar-refractivity contribution in [2.75, 3.05) is 22.8 Å². The van der Waals surface area contributed by atoms with Crippen molar-refractivity contribution in [2.24, 2.45) is 5.92 Å². The number of hydrogen-bond donors (Lipinski definition) is 2. The number of amides is 2. The summed E-state index contributed by atoms with van der Waals surface area (Å²) >= 11 is 0. The lowest BCUT2D eigenvalue weighted by Crippen LogP contribution is -2.49. The van der Waals surface area contributed by atoms with E-state index in [0.29, 0.717) is 17.4 Å². The summed E-state index contributed by atoms with van der Waals surface area (Å²) in [6, 6.07) is 12.9. The maximum Gasteiger partial charge on any atom is 0.265 e. The molecule has 2 aromatic rings. The third-order valence-corrected chi connectivity index (χ3v) is 7.35. The predicted octanol–water partition coefficient (Wildman–Crippen LogP) is 2.91. The molecule has 1 fully saturated rings. The van der Waals surface area contributed by atoms with E-state index >= 15 is 0 Å². The van der Waals surface area contributed by atoms with Crippen LogP contribution in [-0.4, -0.2) is 39.4 Å². The van der Waals surface area contributed by atoms with Gasteiger partial charge in [0.2, 0.25) is 5.91 Å². The number of nitrogens with zero attached hydrogens (tertiary/aromatic N) is 1. The Balaban J connectivity index is 1.55. The van der Waals surface area contributed by atoms with Crippen LogP contribution in [0, 0.1) is 5.92 Å². The molecule has 1 saturated carbocycles. The topological polar surface area (TPSA) is 105 Å². The number of carbonyl (C=O) groups excluding carboxylic acids is 2. The molecule has 170 valence electrons. The van der Waals surface area contributed by atoms with E-state index in [4.69, 9.17) is 4.74 Å². The standard InChI is InChI=1S/C23H27N3O5S/c1-16-7-5-6-10-19(16)24-22(27)14-26-20-13-18(11-12-21(20)31-15-23(26)28)32(29,30)25-17-8-3-2-4-9-17/h2-4,8-9,11-13,16,19,25H,5-7,10,14-15H2,1H3,(H,24,27)/t16-,19+/m0/s1. The number of carbonyl (C=O) groups is 2. The van der Waals surface area contributed by atoms with Gasteiger partial charge >= 0.3 is 0 Å². The quantitative estimate of drug-likeness (QED) is 0.694. The van der Waals surface area contributed by atoms with Crippen LogP contribution in [-0.2, 0) is 19.6 Å². The summed E-state index contributed by atoms with van der Waals surface area (Å²) in [4.78, 5) is 26.6. The number of sulfonamides is 1. The fourth-order valence-corrected chi connectivity index (χ4v) is 5.25. The van der Waals surface area contributed by atoms with Crippen LogP contribution in [0.25, 0.3) is 0 Å². The number of hydrogen-bond acceptors (Lipinski definition) is 5. The number of rotatable bonds is 6. The van der Waals surface area contributed by atoms with Crippen molar-refractivity contribution in [3.63, 3.8) is 0 Å². The fourth-order valence-electron chi connectivity index (χ4n) is 4.17. The van der Waals surface area contributed by atoms with Crippen LogP contribution in [0.5, 0.6) is 5.75 Å². The number of ether oxygens (including phenoxy) is 1. The second kappa shape index (κ2) is 9.20. The Kier molecular flexibility index (Phi) is 6.36. The van der Waals surface area contributed by atoms with E-state index in [-0.39, 0.29) is 35.7 Å². The van der Waals surface area contributed by atoms with Gasteiger partial charge in [-0.2, -0.15) is 0 Å². The van der Waals surface area contributed by atoms with Crippen molar-refractivity contribution in [1.29, 1.82) is 0 Å².